The number of halogens is 1. The predicted octanol–water partition coefficient (Wildman–Crippen LogP) is 3.11. The molecule has 0 aliphatic carbocycles. The summed E-state index contributed by atoms with van der Waals surface area (Å²) in [6, 6.07) is 5.42. The predicted molar refractivity (Wildman–Crippen MR) is 63.0 cm³/mol. The van der Waals surface area contributed by atoms with E-state index in [0.717, 1.165) is 17.4 Å². The molecule has 3 heteroatoms. The number of fused-ring (bicyclic) bond motifs is 1. The Balaban J connectivity index is 2.32. The maximum absolute atomic E-state index is 13.8. The van der Waals surface area contributed by atoms with Gasteiger partial charge in [0.1, 0.15) is 11.4 Å². The molecule has 86 valence electrons. The van der Waals surface area contributed by atoms with Crippen molar-refractivity contribution in [3.05, 3.63) is 35.8 Å². The summed E-state index contributed by atoms with van der Waals surface area (Å²) in [6.07, 6.45) is 3.25. The van der Waals surface area contributed by atoms with Crippen LogP contribution in [0.2, 0.25) is 0 Å². The smallest absolute Gasteiger partial charge is 0.134 e. The van der Waals surface area contributed by atoms with Crippen molar-refractivity contribution in [1.82, 2.24) is 5.32 Å². The zero-order valence-electron chi connectivity index (χ0n) is 9.59. The van der Waals surface area contributed by atoms with Crippen molar-refractivity contribution in [1.29, 1.82) is 0 Å². The van der Waals surface area contributed by atoms with Gasteiger partial charge in [-0.3, -0.25) is 0 Å². The topological polar surface area (TPSA) is 25.2 Å². The van der Waals surface area contributed by atoms with Crippen molar-refractivity contribution in [3.8, 4) is 0 Å². The Kier molecular flexibility index (Phi) is 3.25. The summed E-state index contributed by atoms with van der Waals surface area (Å²) < 4.78 is 19.0. The molecule has 1 aromatic carbocycles. The number of hydrogen-bond acceptors (Lipinski definition) is 2. The molecule has 0 aliphatic rings. The van der Waals surface area contributed by atoms with Crippen molar-refractivity contribution < 1.29 is 8.81 Å². The molecular weight excluding hydrogens is 205 g/mol. The highest BCUT2D eigenvalue weighted by molar-refractivity contribution is 5.77. The van der Waals surface area contributed by atoms with Crippen molar-refractivity contribution in [2.45, 2.75) is 25.8 Å². The fourth-order valence-electron chi connectivity index (χ4n) is 1.90. The van der Waals surface area contributed by atoms with Crippen LogP contribution in [0.1, 0.15) is 18.9 Å². The van der Waals surface area contributed by atoms with E-state index in [1.807, 2.05) is 7.05 Å². The molecule has 0 saturated heterocycles. The monoisotopic (exact) mass is 221 g/mol. The van der Waals surface area contributed by atoms with Crippen LogP contribution in [-0.2, 0) is 6.42 Å². The fraction of sp³-hybridized carbons (Fsp3) is 0.385. The number of rotatable bonds is 4. The molecule has 1 N–H and O–H groups in total. The van der Waals surface area contributed by atoms with Gasteiger partial charge in [0.05, 0.1) is 6.26 Å². The Morgan fingerprint density at radius 3 is 2.94 bits per heavy atom. The molecule has 0 aliphatic heterocycles. The Hall–Kier alpha value is -1.35. The van der Waals surface area contributed by atoms with Crippen molar-refractivity contribution >= 4 is 11.0 Å². The second-order valence-electron chi connectivity index (χ2n) is 4.00. The van der Waals surface area contributed by atoms with Crippen LogP contribution in [-0.4, -0.2) is 13.1 Å². The van der Waals surface area contributed by atoms with Crippen LogP contribution < -0.4 is 5.32 Å². The second-order valence-corrected chi connectivity index (χ2v) is 4.00. The van der Waals surface area contributed by atoms with Gasteiger partial charge >= 0.3 is 0 Å². The van der Waals surface area contributed by atoms with Gasteiger partial charge in [0.25, 0.3) is 0 Å². The fourth-order valence-corrected chi connectivity index (χ4v) is 1.90. The van der Waals surface area contributed by atoms with Crippen molar-refractivity contribution in [2.75, 3.05) is 7.05 Å². The van der Waals surface area contributed by atoms with Gasteiger partial charge in [-0.05, 0) is 43.7 Å². The largest absolute Gasteiger partial charge is 0.464 e. The van der Waals surface area contributed by atoms with Gasteiger partial charge in [0, 0.05) is 11.4 Å². The van der Waals surface area contributed by atoms with Crippen LogP contribution in [0.4, 0.5) is 4.39 Å². The Labute approximate surface area is 94.4 Å². The van der Waals surface area contributed by atoms with E-state index in [0.29, 0.717) is 18.0 Å². The lowest BCUT2D eigenvalue weighted by Crippen LogP contribution is -2.26. The van der Waals surface area contributed by atoms with E-state index in [1.54, 1.807) is 18.4 Å². The molecule has 0 spiro atoms. The van der Waals surface area contributed by atoms with E-state index in [2.05, 4.69) is 12.2 Å². The number of benzene rings is 1. The second kappa shape index (κ2) is 4.66. The molecule has 0 fully saturated rings. The summed E-state index contributed by atoms with van der Waals surface area (Å²) in [7, 11) is 1.90. The normalized spacial score (nSPS) is 13.2. The SMILES string of the molecule is CC[C@H](Cc1cc2occc2cc1F)NC. The average Bonchev–Trinajstić information content (AvgIpc) is 2.72. The molecule has 1 aromatic heterocycles. The van der Waals surface area contributed by atoms with E-state index in [4.69, 9.17) is 4.42 Å². The van der Waals surface area contributed by atoms with Gasteiger partial charge in [0.15, 0.2) is 0 Å². The molecule has 0 bridgehead atoms. The first-order chi connectivity index (χ1) is 7.74. The molecular formula is C13H16FNO. The van der Waals surface area contributed by atoms with Gasteiger partial charge in [-0.1, -0.05) is 6.92 Å². The minimum Gasteiger partial charge on any atom is -0.464 e. The summed E-state index contributed by atoms with van der Waals surface area (Å²) in [4.78, 5) is 0. The molecule has 1 atom stereocenters. The first kappa shape index (κ1) is 11.1. The van der Waals surface area contributed by atoms with Gasteiger partial charge in [-0.25, -0.2) is 4.39 Å². The molecule has 1 heterocycles. The van der Waals surface area contributed by atoms with Crippen molar-refractivity contribution in [3.63, 3.8) is 0 Å². The highest BCUT2D eigenvalue weighted by atomic mass is 19.1. The minimum atomic E-state index is -0.150. The van der Waals surface area contributed by atoms with Gasteiger partial charge < -0.3 is 9.73 Å². The summed E-state index contributed by atoms with van der Waals surface area (Å²) >= 11 is 0. The lowest BCUT2D eigenvalue weighted by atomic mass is 10.0. The van der Waals surface area contributed by atoms with E-state index >= 15 is 0 Å². The molecule has 16 heavy (non-hydrogen) atoms. The van der Waals surface area contributed by atoms with E-state index in [1.165, 1.54) is 6.07 Å². The first-order valence-electron chi connectivity index (χ1n) is 5.57. The van der Waals surface area contributed by atoms with Crippen LogP contribution in [0.15, 0.2) is 28.9 Å². The molecule has 0 unspecified atom stereocenters. The van der Waals surface area contributed by atoms with E-state index in [-0.39, 0.29) is 5.82 Å². The Morgan fingerprint density at radius 1 is 1.44 bits per heavy atom. The van der Waals surface area contributed by atoms with Crippen molar-refractivity contribution in [2.24, 2.45) is 0 Å². The number of hydrogen-bond donors (Lipinski definition) is 1. The van der Waals surface area contributed by atoms with Crippen LogP contribution in [0.25, 0.3) is 11.0 Å². The maximum Gasteiger partial charge on any atom is 0.134 e. The summed E-state index contributed by atoms with van der Waals surface area (Å²) in [6.45, 7) is 2.09. The van der Waals surface area contributed by atoms with Crippen LogP contribution in [0.5, 0.6) is 0 Å². The summed E-state index contributed by atoms with van der Waals surface area (Å²) in [5, 5.41) is 3.99. The molecule has 2 rings (SSSR count). The molecule has 0 radical (unpaired) electrons. The highest BCUT2D eigenvalue weighted by Crippen LogP contribution is 2.21. The first-order valence-corrected chi connectivity index (χ1v) is 5.57. The summed E-state index contributed by atoms with van der Waals surface area (Å²) in [5.74, 6) is -0.150. The van der Waals surface area contributed by atoms with Gasteiger partial charge in [-0.2, -0.15) is 0 Å². The van der Waals surface area contributed by atoms with E-state index in [9.17, 15) is 4.39 Å². The van der Waals surface area contributed by atoms with E-state index < -0.39 is 0 Å². The van der Waals surface area contributed by atoms with Crippen LogP contribution >= 0.6 is 0 Å². The standard InChI is InChI=1S/C13H16FNO/c1-3-11(15-2)6-10-8-13-9(4-5-16-13)7-12(10)14/h4-5,7-8,11,15H,3,6H2,1-2H3/t11-/m1/s1. The average molecular weight is 221 g/mol. The Morgan fingerprint density at radius 2 is 2.25 bits per heavy atom. The lowest BCUT2D eigenvalue weighted by Gasteiger charge is -2.14. The van der Waals surface area contributed by atoms with Gasteiger partial charge in [0.2, 0.25) is 0 Å². The lowest BCUT2D eigenvalue weighted by molar-refractivity contribution is 0.522. The zero-order chi connectivity index (χ0) is 11.5. The third kappa shape index (κ3) is 2.09. The third-order valence-electron chi connectivity index (χ3n) is 2.99. The van der Waals surface area contributed by atoms with Crippen LogP contribution in [0, 0.1) is 5.82 Å². The number of furan rings is 1. The molecule has 0 saturated carbocycles. The Bertz CT molecular complexity index is 474. The number of nitrogens with one attached hydrogen (secondary N) is 1. The third-order valence-corrected chi connectivity index (χ3v) is 2.99. The number of likely N-dealkylation sites (N-methyl/N-ethyl adjacent to an activating group) is 1. The maximum atomic E-state index is 13.8. The summed E-state index contributed by atoms with van der Waals surface area (Å²) in [5.41, 5.74) is 1.46. The molecule has 0 amide bonds. The molecule has 2 aromatic rings. The quantitative estimate of drug-likeness (QED) is 0.858. The van der Waals surface area contributed by atoms with Crippen LogP contribution in [0.3, 0.4) is 0 Å². The zero-order valence-corrected chi connectivity index (χ0v) is 9.59. The minimum absolute atomic E-state index is 0.150. The van der Waals surface area contributed by atoms with Gasteiger partial charge in [-0.15, -0.1) is 0 Å². The molecule has 2 nitrogen and oxygen atoms in total. The highest BCUT2D eigenvalue weighted by Gasteiger charge is 2.11.